The third-order valence-corrected chi connectivity index (χ3v) is 3.40. The van der Waals surface area contributed by atoms with Crippen molar-refractivity contribution in [3.05, 3.63) is 41.5 Å². The zero-order valence-corrected chi connectivity index (χ0v) is 10.5. The molecule has 2 aromatic rings. The van der Waals surface area contributed by atoms with Gasteiger partial charge >= 0.3 is 0 Å². The zero-order chi connectivity index (χ0) is 12.5. The summed E-state index contributed by atoms with van der Waals surface area (Å²) in [5, 5.41) is 8.33. The molecule has 0 saturated carbocycles. The molecule has 5 nitrogen and oxygen atoms in total. The van der Waals surface area contributed by atoms with Gasteiger partial charge in [0.15, 0.2) is 0 Å². The van der Waals surface area contributed by atoms with Crippen LogP contribution in [0, 0.1) is 6.92 Å². The molecule has 2 N–H and O–H groups in total. The van der Waals surface area contributed by atoms with Gasteiger partial charge in [-0.3, -0.25) is 4.90 Å². The minimum absolute atomic E-state index is 0.813. The molecular formula is C13H17N5. The van der Waals surface area contributed by atoms with Gasteiger partial charge in [0.1, 0.15) is 11.6 Å². The number of benzene rings is 1. The minimum Gasteiger partial charge on any atom is -0.399 e. The average Bonchev–Trinajstić information content (AvgIpc) is 2.74. The monoisotopic (exact) mass is 243 g/mol. The Hall–Kier alpha value is -1.88. The normalized spacial score (nSPS) is 15.6. The highest BCUT2D eigenvalue weighted by atomic mass is 15.3. The highest BCUT2D eigenvalue weighted by Gasteiger charge is 2.19. The van der Waals surface area contributed by atoms with Gasteiger partial charge in [-0.1, -0.05) is 12.1 Å². The highest BCUT2D eigenvalue weighted by molar-refractivity contribution is 5.39. The smallest absolute Gasteiger partial charge is 0.147 e. The van der Waals surface area contributed by atoms with Crippen LogP contribution in [0.15, 0.2) is 24.3 Å². The summed E-state index contributed by atoms with van der Waals surface area (Å²) in [5.74, 6) is 2.08. The van der Waals surface area contributed by atoms with Crippen LogP contribution in [-0.2, 0) is 19.6 Å². The standard InChI is InChI=1S/C13H17N5/c1-10-15-16-13-9-17(6-7-18(10)13)8-11-2-4-12(14)5-3-11/h2-5H,6-9,14H2,1H3. The molecule has 18 heavy (non-hydrogen) atoms. The molecule has 0 amide bonds. The van der Waals surface area contributed by atoms with Crippen LogP contribution < -0.4 is 5.73 Å². The van der Waals surface area contributed by atoms with Crippen molar-refractivity contribution in [2.24, 2.45) is 0 Å². The summed E-state index contributed by atoms with van der Waals surface area (Å²) < 4.78 is 2.19. The summed E-state index contributed by atoms with van der Waals surface area (Å²) in [4.78, 5) is 2.38. The lowest BCUT2D eigenvalue weighted by molar-refractivity contribution is 0.208. The Labute approximate surface area is 106 Å². The van der Waals surface area contributed by atoms with Crippen LogP contribution in [0.3, 0.4) is 0 Å². The van der Waals surface area contributed by atoms with Gasteiger partial charge in [-0.25, -0.2) is 0 Å². The van der Waals surface area contributed by atoms with Gasteiger partial charge < -0.3 is 10.3 Å². The van der Waals surface area contributed by atoms with Gasteiger partial charge in [0.25, 0.3) is 0 Å². The van der Waals surface area contributed by atoms with Gasteiger partial charge in [-0.05, 0) is 24.6 Å². The number of aryl methyl sites for hydroxylation is 1. The molecular weight excluding hydrogens is 226 g/mol. The molecule has 5 heteroatoms. The molecule has 0 fully saturated rings. The van der Waals surface area contributed by atoms with E-state index in [0.29, 0.717) is 0 Å². The fraction of sp³-hybridized carbons (Fsp3) is 0.385. The Bertz CT molecular complexity index is 543. The lowest BCUT2D eigenvalue weighted by atomic mass is 10.2. The van der Waals surface area contributed by atoms with Gasteiger partial charge in [-0.2, -0.15) is 0 Å². The Kier molecular flexibility index (Phi) is 2.76. The minimum atomic E-state index is 0.813. The van der Waals surface area contributed by atoms with E-state index in [2.05, 4.69) is 31.8 Å². The van der Waals surface area contributed by atoms with Crippen LogP contribution in [0.1, 0.15) is 17.2 Å². The highest BCUT2D eigenvalue weighted by Crippen LogP contribution is 2.15. The molecule has 0 saturated heterocycles. The van der Waals surface area contributed by atoms with Crippen LogP contribution in [0.25, 0.3) is 0 Å². The maximum absolute atomic E-state index is 5.69. The molecule has 0 bridgehead atoms. The number of rotatable bonds is 2. The van der Waals surface area contributed by atoms with Crippen molar-refractivity contribution in [3.63, 3.8) is 0 Å². The maximum atomic E-state index is 5.69. The third-order valence-electron chi connectivity index (χ3n) is 3.40. The van der Waals surface area contributed by atoms with E-state index in [0.717, 1.165) is 43.5 Å². The van der Waals surface area contributed by atoms with Crippen molar-refractivity contribution >= 4 is 5.69 Å². The van der Waals surface area contributed by atoms with Crippen LogP contribution in [0.2, 0.25) is 0 Å². The van der Waals surface area contributed by atoms with Crippen LogP contribution >= 0.6 is 0 Å². The van der Waals surface area contributed by atoms with Gasteiger partial charge in [-0.15, -0.1) is 10.2 Å². The Morgan fingerprint density at radius 3 is 2.72 bits per heavy atom. The number of nitrogens with two attached hydrogens (primary N) is 1. The number of aromatic nitrogens is 3. The number of hydrogen-bond donors (Lipinski definition) is 1. The lowest BCUT2D eigenvalue weighted by Gasteiger charge is -2.27. The fourth-order valence-corrected chi connectivity index (χ4v) is 2.37. The van der Waals surface area contributed by atoms with E-state index < -0.39 is 0 Å². The second kappa shape index (κ2) is 4.42. The Morgan fingerprint density at radius 1 is 1.17 bits per heavy atom. The van der Waals surface area contributed by atoms with Crippen LogP contribution in [-0.4, -0.2) is 26.2 Å². The summed E-state index contributed by atoms with van der Waals surface area (Å²) in [7, 11) is 0. The number of nitrogens with zero attached hydrogens (tertiary/aromatic N) is 4. The van der Waals surface area contributed by atoms with Crippen molar-refractivity contribution in [3.8, 4) is 0 Å². The number of anilines is 1. The van der Waals surface area contributed by atoms with E-state index in [1.54, 1.807) is 0 Å². The molecule has 1 aliphatic rings. The van der Waals surface area contributed by atoms with E-state index >= 15 is 0 Å². The molecule has 0 unspecified atom stereocenters. The second-order valence-corrected chi connectivity index (χ2v) is 4.77. The molecule has 1 aliphatic heterocycles. The number of nitrogen functional groups attached to an aromatic ring is 1. The molecule has 0 radical (unpaired) electrons. The zero-order valence-electron chi connectivity index (χ0n) is 10.5. The molecule has 0 atom stereocenters. The molecule has 3 rings (SSSR count). The van der Waals surface area contributed by atoms with Gasteiger partial charge in [0.2, 0.25) is 0 Å². The summed E-state index contributed by atoms with van der Waals surface area (Å²) >= 11 is 0. The van der Waals surface area contributed by atoms with Gasteiger partial charge in [0.05, 0.1) is 6.54 Å². The first-order valence-electron chi connectivity index (χ1n) is 6.18. The van der Waals surface area contributed by atoms with Crippen LogP contribution in [0.4, 0.5) is 5.69 Å². The predicted octanol–water partition coefficient (Wildman–Crippen LogP) is 1.18. The van der Waals surface area contributed by atoms with E-state index in [1.165, 1.54) is 5.56 Å². The van der Waals surface area contributed by atoms with Crippen LogP contribution in [0.5, 0.6) is 0 Å². The molecule has 0 spiro atoms. The van der Waals surface area contributed by atoms with E-state index in [9.17, 15) is 0 Å². The van der Waals surface area contributed by atoms with Gasteiger partial charge in [0, 0.05) is 25.3 Å². The fourth-order valence-electron chi connectivity index (χ4n) is 2.37. The van der Waals surface area contributed by atoms with E-state index in [4.69, 9.17) is 5.73 Å². The molecule has 0 aliphatic carbocycles. The Balaban J connectivity index is 1.71. The second-order valence-electron chi connectivity index (χ2n) is 4.77. The molecule has 2 heterocycles. The summed E-state index contributed by atoms with van der Waals surface area (Å²) in [6, 6.07) is 8.07. The van der Waals surface area contributed by atoms with Crippen molar-refractivity contribution in [2.45, 2.75) is 26.6 Å². The van der Waals surface area contributed by atoms with Crippen molar-refractivity contribution in [2.75, 3.05) is 12.3 Å². The van der Waals surface area contributed by atoms with Crippen molar-refractivity contribution < 1.29 is 0 Å². The topological polar surface area (TPSA) is 60.0 Å². The quantitative estimate of drug-likeness (QED) is 0.805. The number of fused-ring (bicyclic) bond motifs is 1. The lowest BCUT2D eigenvalue weighted by Crippen LogP contribution is -2.33. The third kappa shape index (κ3) is 2.09. The largest absolute Gasteiger partial charge is 0.399 e. The predicted molar refractivity (Wildman–Crippen MR) is 69.7 cm³/mol. The first-order valence-corrected chi connectivity index (χ1v) is 6.18. The SMILES string of the molecule is Cc1nnc2n1CCN(Cc1ccc(N)cc1)C2. The Morgan fingerprint density at radius 2 is 1.94 bits per heavy atom. The first-order chi connectivity index (χ1) is 8.72. The molecule has 1 aromatic heterocycles. The van der Waals surface area contributed by atoms with E-state index in [1.807, 2.05) is 19.1 Å². The van der Waals surface area contributed by atoms with Crippen molar-refractivity contribution in [1.29, 1.82) is 0 Å². The average molecular weight is 243 g/mol. The first kappa shape index (κ1) is 11.2. The summed E-state index contributed by atoms with van der Waals surface area (Å²) in [5.41, 5.74) is 7.79. The summed E-state index contributed by atoms with van der Waals surface area (Å²) in [6.45, 7) is 5.82. The molecule has 1 aromatic carbocycles. The molecule has 94 valence electrons. The van der Waals surface area contributed by atoms with E-state index in [-0.39, 0.29) is 0 Å². The maximum Gasteiger partial charge on any atom is 0.147 e. The number of hydrogen-bond acceptors (Lipinski definition) is 4. The summed E-state index contributed by atoms with van der Waals surface area (Å²) in [6.07, 6.45) is 0. The van der Waals surface area contributed by atoms with Crippen molar-refractivity contribution in [1.82, 2.24) is 19.7 Å².